The van der Waals surface area contributed by atoms with Crippen molar-refractivity contribution in [1.29, 1.82) is 0 Å². The predicted molar refractivity (Wildman–Crippen MR) is 112 cm³/mol. The Morgan fingerprint density at radius 2 is 0.828 bits per heavy atom. The summed E-state index contributed by atoms with van der Waals surface area (Å²) in [5, 5.41) is 6.33. The van der Waals surface area contributed by atoms with Gasteiger partial charge < -0.3 is 10.6 Å². The van der Waals surface area contributed by atoms with Crippen LogP contribution in [0.2, 0.25) is 0 Å². The molecule has 0 unspecified atom stereocenters. The first-order valence-corrected chi connectivity index (χ1v) is 12.5. The maximum atomic E-state index is 12.5. The second-order valence-electron chi connectivity index (χ2n) is 12.6. The summed E-state index contributed by atoms with van der Waals surface area (Å²) >= 11 is 0. The van der Waals surface area contributed by atoms with Gasteiger partial charge in [-0.3, -0.25) is 9.59 Å². The molecule has 0 radical (unpaired) electrons. The lowest BCUT2D eigenvalue weighted by Crippen LogP contribution is -2.52. The Hall–Kier alpha value is -1.06. The van der Waals surface area contributed by atoms with Gasteiger partial charge in [0.15, 0.2) is 0 Å². The molecular formula is C25H38N2O2. The van der Waals surface area contributed by atoms with Crippen LogP contribution in [0.5, 0.6) is 0 Å². The minimum atomic E-state index is -0.0660. The fraction of sp³-hybridized carbons (Fsp3) is 0.920. The molecule has 8 aliphatic rings. The third-order valence-corrected chi connectivity index (χ3v) is 9.97. The highest BCUT2D eigenvalue weighted by Gasteiger charge is 2.52. The number of carbonyl (C=O) groups excluding carboxylic acids is 2. The molecule has 0 spiro atoms. The Labute approximate surface area is 175 Å². The number of rotatable bonds is 6. The van der Waals surface area contributed by atoms with Gasteiger partial charge in [0, 0.05) is 13.1 Å². The summed E-state index contributed by atoms with van der Waals surface area (Å²) in [6, 6.07) is 0. The van der Waals surface area contributed by atoms with Gasteiger partial charge in [-0.2, -0.15) is 0 Å². The highest BCUT2D eigenvalue weighted by molar-refractivity contribution is 5.96. The molecule has 2 amide bonds. The van der Waals surface area contributed by atoms with Crippen LogP contribution in [0.1, 0.15) is 83.5 Å². The third kappa shape index (κ3) is 3.53. The molecule has 29 heavy (non-hydrogen) atoms. The standard InChI is InChI=1S/C25H38N2O2/c28-22(26-14-24-8-16-1-17(9-24)3-18(2-16)10-24)7-23(29)27-15-25-11-19-4-20(12-25)6-21(5-19)13-25/h16-21H,1-15H2,(H,26,28)(H,27,29). The molecule has 160 valence electrons. The van der Waals surface area contributed by atoms with E-state index in [1.165, 1.54) is 77.0 Å². The lowest BCUT2D eigenvalue weighted by atomic mass is 9.49. The monoisotopic (exact) mass is 398 g/mol. The molecule has 8 bridgehead atoms. The maximum Gasteiger partial charge on any atom is 0.229 e. The van der Waals surface area contributed by atoms with Crippen LogP contribution in [0.3, 0.4) is 0 Å². The number of carbonyl (C=O) groups is 2. The van der Waals surface area contributed by atoms with E-state index in [-0.39, 0.29) is 18.2 Å². The van der Waals surface area contributed by atoms with Crippen LogP contribution >= 0.6 is 0 Å². The lowest BCUT2D eigenvalue weighted by molar-refractivity contribution is -0.131. The van der Waals surface area contributed by atoms with Crippen LogP contribution in [0.15, 0.2) is 0 Å². The molecule has 4 nitrogen and oxygen atoms in total. The van der Waals surface area contributed by atoms with E-state index in [2.05, 4.69) is 10.6 Å². The highest BCUT2D eigenvalue weighted by atomic mass is 16.2. The fourth-order valence-electron chi connectivity index (χ4n) is 9.86. The molecule has 2 N–H and O–H groups in total. The van der Waals surface area contributed by atoms with Crippen molar-refractivity contribution in [1.82, 2.24) is 10.6 Å². The molecule has 8 rings (SSSR count). The minimum absolute atomic E-state index is 0.0126. The molecule has 0 saturated heterocycles. The van der Waals surface area contributed by atoms with Gasteiger partial charge >= 0.3 is 0 Å². The topological polar surface area (TPSA) is 58.2 Å². The summed E-state index contributed by atoms with van der Waals surface area (Å²) < 4.78 is 0. The zero-order valence-electron chi connectivity index (χ0n) is 17.9. The predicted octanol–water partition coefficient (Wildman–Crippen LogP) is 4.04. The Morgan fingerprint density at radius 1 is 0.552 bits per heavy atom. The van der Waals surface area contributed by atoms with E-state index in [0.29, 0.717) is 10.8 Å². The van der Waals surface area contributed by atoms with Crippen LogP contribution in [0, 0.1) is 46.3 Å². The Morgan fingerprint density at radius 3 is 1.10 bits per heavy atom. The van der Waals surface area contributed by atoms with E-state index >= 15 is 0 Å². The molecule has 0 aromatic rings. The summed E-state index contributed by atoms with van der Waals surface area (Å²) in [6.45, 7) is 1.61. The molecule has 0 heterocycles. The zero-order chi connectivity index (χ0) is 19.6. The van der Waals surface area contributed by atoms with Crippen molar-refractivity contribution in [2.45, 2.75) is 83.5 Å². The van der Waals surface area contributed by atoms with Gasteiger partial charge in [0.1, 0.15) is 6.42 Å². The maximum absolute atomic E-state index is 12.5. The van der Waals surface area contributed by atoms with Gasteiger partial charge in [-0.25, -0.2) is 0 Å². The van der Waals surface area contributed by atoms with E-state index in [1.807, 2.05) is 0 Å². The van der Waals surface area contributed by atoms with E-state index in [0.717, 1.165) is 48.6 Å². The zero-order valence-corrected chi connectivity index (χ0v) is 17.9. The molecule has 0 atom stereocenters. The normalized spacial score (nSPS) is 48.7. The third-order valence-electron chi connectivity index (χ3n) is 9.97. The lowest BCUT2D eigenvalue weighted by Gasteiger charge is -2.57. The molecule has 8 fully saturated rings. The fourth-order valence-corrected chi connectivity index (χ4v) is 9.86. The van der Waals surface area contributed by atoms with Crippen molar-refractivity contribution in [2.24, 2.45) is 46.3 Å². The summed E-state index contributed by atoms with van der Waals surface area (Å²) in [6.07, 6.45) is 16.4. The van der Waals surface area contributed by atoms with Crippen molar-refractivity contribution >= 4 is 11.8 Å². The van der Waals surface area contributed by atoms with Crippen molar-refractivity contribution in [2.75, 3.05) is 13.1 Å². The van der Waals surface area contributed by atoms with Crippen LogP contribution in [-0.2, 0) is 9.59 Å². The van der Waals surface area contributed by atoms with Crippen molar-refractivity contribution in [3.63, 3.8) is 0 Å². The average Bonchev–Trinajstić information content (AvgIpc) is 2.63. The van der Waals surface area contributed by atoms with Crippen molar-refractivity contribution < 1.29 is 9.59 Å². The molecule has 4 heteroatoms. The average molecular weight is 399 g/mol. The van der Waals surface area contributed by atoms with E-state index in [9.17, 15) is 9.59 Å². The second-order valence-corrected chi connectivity index (χ2v) is 12.6. The SMILES string of the molecule is O=C(CC(=O)NCC12CC3CC(CC(C3)C1)C2)NCC12CC3CC(CC(C3)C1)C2. The van der Waals surface area contributed by atoms with Gasteiger partial charge in [-0.05, 0) is 123 Å². The molecule has 0 aromatic carbocycles. The van der Waals surface area contributed by atoms with Gasteiger partial charge in [-0.15, -0.1) is 0 Å². The largest absolute Gasteiger partial charge is 0.355 e. The van der Waals surface area contributed by atoms with Crippen LogP contribution in [0.25, 0.3) is 0 Å². The number of hydrogen-bond donors (Lipinski definition) is 2. The van der Waals surface area contributed by atoms with Crippen LogP contribution < -0.4 is 10.6 Å². The van der Waals surface area contributed by atoms with Gasteiger partial charge in [0.2, 0.25) is 11.8 Å². The minimum Gasteiger partial charge on any atom is -0.355 e. The van der Waals surface area contributed by atoms with Gasteiger partial charge in [0.05, 0.1) is 0 Å². The number of nitrogens with one attached hydrogen (secondary N) is 2. The second kappa shape index (κ2) is 6.72. The van der Waals surface area contributed by atoms with Crippen molar-refractivity contribution in [3.05, 3.63) is 0 Å². The smallest absolute Gasteiger partial charge is 0.229 e. The van der Waals surface area contributed by atoms with Gasteiger partial charge in [0.25, 0.3) is 0 Å². The molecular weight excluding hydrogens is 360 g/mol. The first-order chi connectivity index (χ1) is 14.0. The highest BCUT2D eigenvalue weighted by Crippen LogP contribution is 2.60. The summed E-state index contributed by atoms with van der Waals surface area (Å²) in [7, 11) is 0. The summed E-state index contributed by atoms with van der Waals surface area (Å²) in [5.74, 6) is 5.29. The quantitative estimate of drug-likeness (QED) is 0.664. The molecule has 8 aliphatic carbocycles. The Balaban J connectivity index is 0.979. The first kappa shape index (κ1) is 18.7. The summed E-state index contributed by atoms with van der Waals surface area (Å²) in [5.41, 5.74) is 0.695. The Kier molecular flexibility index (Phi) is 4.33. The van der Waals surface area contributed by atoms with E-state index < -0.39 is 0 Å². The number of hydrogen-bond acceptors (Lipinski definition) is 2. The molecule has 0 aromatic heterocycles. The van der Waals surface area contributed by atoms with Gasteiger partial charge in [-0.1, -0.05) is 0 Å². The van der Waals surface area contributed by atoms with Crippen LogP contribution in [0.4, 0.5) is 0 Å². The van der Waals surface area contributed by atoms with E-state index in [1.54, 1.807) is 0 Å². The molecule has 0 aliphatic heterocycles. The number of amides is 2. The summed E-state index contributed by atoms with van der Waals surface area (Å²) in [4.78, 5) is 25.0. The first-order valence-electron chi connectivity index (χ1n) is 12.5. The van der Waals surface area contributed by atoms with Crippen molar-refractivity contribution in [3.8, 4) is 0 Å². The van der Waals surface area contributed by atoms with E-state index in [4.69, 9.17) is 0 Å². The Bertz CT molecular complexity index is 570. The molecule has 8 saturated carbocycles. The van der Waals surface area contributed by atoms with Crippen LogP contribution in [-0.4, -0.2) is 24.9 Å².